The molecule has 0 aliphatic heterocycles. The third kappa shape index (κ3) is 3.78. The number of anilines is 1. The number of rotatable bonds is 5. The number of benzene rings is 1. The molecule has 1 unspecified atom stereocenters. The van der Waals surface area contributed by atoms with Gasteiger partial charge in [0.2, 0.25) is 10.0 Å². The molecule has 114 valence electrons. The highest BCUT2D eigenvalue weighted by molar-refractivity contribution is 9.10. The van der Waals surface area contributed by atoms with Gasteiger partial charge in [-0.1, -0.05) is 24.6 Å². The van der Waals surface area contributed by atoms with Crippen molar-refractivity contribution in [1.29, 1.82) is 0 Å². The lowest BCUT2D eigenvalue weighted by molar-refractivity contribution is 0.553. The topological polar surface area (TPSA) is 72.2 Å². The molecular formula is C13H14BrClN2O2S2. The standard InChI is InChI=1S/C13H14BrClN2O2S2/c1-2-10(11-4-3-5-20-11)17-21(18,19)12-7-8(15)6-9(16)13(12)14/h3-7,10,17H,2,16H2,1H3. The van der Waals surface area contributed by atoms with Crippen LogP contribution in [0.4, 0.5) is 5.69 Å². The van der Waals surface area contributed by atoms with E-state index in [-0.39, 0.29) is 21.6 Å². The molecule has 0 spiro atoms. The summed E-state index contributed by atoms with van der Waals surface area (Å²) in [6, 6.07) is 6.40. The molecule has 2 aromatic rings. The molecule has 0 radical (unpaired) electrons. The van der Waals surface area contributed by atoms with Crippen LogP contribution in [0.15, 0.2) is 39.0 Å². The van der Waals surface area contributed by atoms with Crippen molar-refractivity contribution in [2.45, 2.75) is 24.3 Å². The van der Waals surface area contributed by atoms with E-state index >= 15 is 0 Å². The molecule has 1 heterocycles. The zero-order valence-electron chi connectivity index (χ0n) is 11.1. The highest BCUT2D eigenvalue weighted by atomic mass is 79.9. The summed E-state index contributed by atoms with van der Waals surface area (Å²) in [6.07, 6.45) is 0.646. The van der Waals surface area contributed by atoms with Crippen molar-refractivity contribution in [3.05, 3.63) is 44.0 Å². The smallest absolute Gasteiger partial charge is 0.242 e. The minimum Gasteiger partial charge on any atom is -0.398 e. The van der Waals surface area contributed by atoms with E-state index in [2.05, 4.69) is 20.7 Å². The minimum atomic E-state index is -3.73. The number of hydrogen-bond donors (Lipinski definition) is 2. The lowest BCUT2D eigenvalue weighted by atomic mass is 10.2. The fourth-order valence-electron chi connectivity index (χ4n) is 1.86. The molecule has 21 heavy (non-hydrogen) atoms. The SMILES string of the molecule is CCC(NS(=O)(=O)c1cc(Cl)cc(N)c1Br)c1cccs1. The third-order valence-corrected chi connectivity index (χ3v) is 6.76. The Labute approximate surface area is 141 Å². The molecule has 0 aliphatic carbocycles. The summed E-state index contributed by atoms with van der Waals surface area (Å²) in [5.41, 5.74) is 6.04. The van der Waals surface area contributed by atoms with E-state index in [0.717, 1.165) is 4.88 Å². The van der Waals surface area contributed by atoms with Gasteiger partial charge in [-0.2, -0.15) is 0 Å². The van der Waals surface area contributed by atoms with Crippen LogP contribution in [0.1, 0.15) is 24.3 Å². The predicted molar refractivity (Wildman–Crippen MR) is 91.2 cm³/mol. The van der Waals surface area contributed by atoms with Crippen molar-refractivity contribution < 1.29 is 8.42 Å². The van der Waals surface area contributed by atoms with Crippen molar-refractivity contribution >= 4 is 54.6 Å². The second-order valence-corrected chi connectivity index (χ2v) is 8.30. The van der Waals surface area contributed by atoms with Gasteiger partial charge in [0, 0.05) is 15.6 Å². The van der Waals surface area contributed by atoms with Crippen LogP contribution in [0.5, 0.6) is 0 Å². The Morgan fingerprint density at radius 3 is 2.76 bits per heavy atom. The average molecular weight is 410 g/mol. The molecule has 1 aromatic heterocycles. The Morgan fingerprint density at radius 2 is 2.19 bits per heavy atom. The summed E-state index contributed by atoms with van der Waals surface area (Å²) in [6.45, 7) is 1.92. The summed E-state index contributed by atoms with van der Waals surface area (Å²) in [4.78, 5) is 1.01. The molecule has 0 saturated carbocycles. The molecule has 0 bridgehead atoms. The van der Waals surface area contributed by atoms with Crippen LogP contribution in [-0.2, 0) is 10.0 Å². The molecule has 3 N–H and O–H groups in total. The largest absolute Gasteiger partial charge is 0.398 e. The Balaban J connectivity index is 2.39. The monoisotopic (exact) mass is 408 g/mol. The van der Waals surface area contributed by atoms with Gasteiger partial charge in [-0.05, 0) is 45.9 Å². The number of nitrogen functional groups attached to an aromatic ring is 1. The van der Waals surface area contributed by atoms with E-state index in [1.165, 1.54) is 23.5 Å². The highest BCUT2D eigenvalue weighted by Gasteiger charge is 2.24. The fourth-order valence-corrected chi connectivity index (χ4v) is 5.39. The van der Waals surface area contributed by atoms with Crippen molar-refractivity contribution in [2.24, 2.45) is 0 Å². The van der Waals surface area contributed by atoms with Crippen LogP contribution in [0.2, 0.25) is 5.02 Å². The maximum Gasteiger partial charge on any atom is 0.242 e. The molecule has 0 amide bonds. The number of sulfonamides is 1. The fraction of sp³-hybridized carbons (Fsp3) is 0.231. The maximum atomic E-state index is 12.6. The molecule has 1 aromatic carbocycles. The lowest BCUT2D eigenvalue weighted by Gasteiger charge is -2.17. The number of nitrogens with one attached hydrogen (secondary N) is 1. The second-order valence-electron chi connectivity index (χ2n) is 4.40. The van der Waals surface area contributed by atoms with Crippen LogP contribution >= 0.6 is 38.9 Å². The number of halogens is 2. The molecule has 0 saturated heterocycles. The number of thiophene rings is 1. The van der Waals surface area contributed by atoms with E-state index in [9.17, 15) is 8.42 Å². The van der Waals surface area contributed by atoms with E-state index in [0.29, 0.717) is 10.9 Å². The Morgan fingerprint density at radius 1 is 1.48 bits per heavy atom. The lowest BCUT2D eigenvalue weighted by Crippen LogP contribution is -2.28. The van der Waals surface area contributed by atoms with Gasteiger partial charge in [0.25, 0.3) is 0 Å². The Bertz CT molecular complexity index is 733. The third-order valence-electron chi connectivity index (χ3n) is 2.91. The van der Waals surface area contributed by atoms with Crippen molar-refractivity contribution in [2.75, 3.05) is 5.73 Å². The van der Waals surface area contributed by atoms with Gasteiger partial charge in [0.05, 0.1) is 15.4 Å². The van der Waals surface area contributed by atoms with Crippen molar-refractivity contribution in [3.8, 4) is 0 Å². The van der Waals surface area contributed by atoms with E-state index < -0.39 is 10.0 Å². The van der Waals surface area contributed by atoms with Gasteiger partial charge in [0.1, 0.15) is 0 Å². The van der Waals surface area contributed by atoms with Gasteiger partial charge in [-0.15, -0.1) is 11.3 Å². The summed E-state index contributed by atoms with van der Waals surface area (Å²) in [5.74, 6) is 0. The van der Waals surface area contributed by atoms with Crippen LogP contribution < -0.4 is 10.5 Å². The summed E-state index contributed by atoms with van der Waals surface area (Å²) < 4.78 is 28.2. The summed E-state index contributed by atoms with van der Waals surface area (Å²) in [5, 5.41) is 2.19. The van der Waals surface area contributed by atoms with Crippen molar-refractivity contribution in [3.63, 3.8) is 0 Å². The highest BCUT2D eigenvalue weighted by Crippen LogP contribution is 2.33. The quantitative estimate of drug-likeness (QED) is 0.728. The zero-order valence-corrected chi connectivity index (χ0v) is 15.1. The number of nitrogens with two attached hydrogens (primary N) is 1. The molecule has 1 atom stereocenters. The zero-order chi connectivity index (χ0) is 15.6. The van der Waals surface area contributed by atoms with Gasteiger partial charge in [0.15, 0.2) is 0 Å². The summed E-state index contributed by atoms with van der Waals surface area (Å²) >= 11 is 10.6. The predicted octanol–water partition coefficient (Wildman–Crippen LogP) is 4.18. The molecule has 0 aliphatic rings. The van der Waals surface area contributed by atoms with E-state index in [1.807, 2.05) is 24.4 Å². The molecule has 4 nitrogen and oxygen atoms in total. The Hall–Kier alpha value is -0.600. The van der Waals surface area contributed by atoms with Crippen molar-refractivity contribution in [1.82, 2.24) is 4.72 Å². The molecule has 8 heteroatoms. The van der Waals surface area contributed by atoms with E-state index in [4.69, 9.17) is 17.3 Å². The van der Waals surface area contributed by atoms with Gasteiger partial charge >= 0.3 is 0 Å². The number of hydrogen-bond acceptors (Lipinski definition) is 4. The second kappa shape index (κ2) is 6.66. The first-order valence-electron chi connectivity index (χ1n) is 6.15. The molecule has 2 rings (SSSR count). The average Bonchev–Trinajstić information content (AvgIpc) is 2.94. The first kappa shape index (κ1) is 16.8. The van der Waals surface area contributed by atoms with Crippen LogP contribution in [0, 0.1) is 0 Å². The summed E-state index contributed by atoms with van der Waals surface area (Å²) in [7, 11) is -3.73. The molecule has 0 fully saturated rings. The van der Waals surface area contributed by atoms with Gasteiger partial charge in [-0.25, -0.2) is 13.1 Å². The Kier molecular flexibility index (Phi) is 5.32. The molecular weight excluding hydrogens is 396 g/mol. The van der Waals surface area contributed by atoms with Gasteiger partial charge in [-0.3, -0.25) is 0 Å². The normalized spacial score (nSPS) is 13.3. The van der Waals surface area contributed by atoms with Crippen LogP contribution in [-0.4, -0.2) is 8.42 Å². The first-order valence-corrected chi connectivity index (χ1v) is 9.68. The van der Waals surface area contributed by atoms with Gasteiger partial charge < -0.3 is 5.73 Å². The van der Waals surface area contributed by atoms with Crippen LogP contribution in [0.25, 0.3) is 0 Å². The minimum absolute atomic E-state index is 0.0440. The van der Waals surface area contributed by atoms with Crippen LogP contribution in [0.3, 0.4) is 0 Å². The van der Waals surface area contributed by atoms with E-state index in [1.54, 1.807) is 0 Å². The maximum absolute atomic E-state index is 12.6. The first-order chi connectivity index (χ1) is 9.85.